The van der Waals surface area contributed by atoms with Gasteiger partial charge in [0.05, 0.1) is 0 Å². The number of Topliss-reactive ketones (excluding diaryl/α,β-unsaturated/α-hetero) is 1. The molecule has 108 heavy (non-hydrogen) atoms. The quantitative estimate of drug-likeness (QED) is 0.0303. The summed E-state index contributed by atoms with van der Waals surface area (Å²) in [6.45, 7) is 21.5. The zero-order valence-electron chi connectivity index (χ0n) is 64.0. The summed E-state index contributed by atoms with van der Waals surface area (Å²) in [7, 11) is 0. The number of hydrogen-bond donors (Lipinski definition) is 0. The van der Waals surface area contributed by atoms with Crippen LogP contribution in [0.2, 0.25) is 0 Å². The lowest BCUT2D eigenvalue weighted by Gasteiger charge is -2.58. The molecule has 0 unspecified atom stereocenters. The van der Waals surface area contributed by atoms with Crippen molar-refractivity contribution in [3.8, 4) is 78.0 Å². The van der Waals surface area contributed by atoms with Crippen LogP contribution in [0.1, 0.15) is 207 Å². The number of allylic oxidation sites excluding steroid dienone is 14. The highest BCUT2D eigenvalue weighted by Gasteiger charge is 2.60. The molecule has 10 aromatic heterocycles. The Bertz CT molecular complexity index is 5490. The van der Waals surface area contributed by atoms with Crippen LogP contribution < -0.4 is 0 Å². The van der Waals surface area contributed by atoms with E-state index in [1.54, 1.807) is 22.3 Å². The average molecular weight is 1600 g/mol. The highest BCUT2D eigenvalue weighted by molar-refractivity contribution is 7.31. The number of benzene rings is 2. The molecule has 0 spiro atoms. The second-order valence-electron chi connectivity index (χ2n) is 31.3. The Kier molecular flexibility index (Phi) is 22.9. The van der Waals surface area contributed by atoms with Gasteiger partial charge in [0.25, 0.3) is 0 Å². The summed E-state index contributed by atoms with van der Waals surface area (Å²) < 4.78 is 0. The van der Waals surface area contributed by atoms with E-state index in [0.717, 1.165) is 47.6 Å². The van der Waals surface area contributed by atoms with Crippen molar-refractivity contribution in [2.75, 3.05) is 0 Å². The van der Waals surface area contributed by atoms with Gasteiger partial charge in [0.1, 0.15) is 0 Å². The topological polar surface area (TPSA) is 17.1 Å². The third-order valence-corrected chi connectivity index (χ3v) is 35.6. The number of fused-ring (bicyclic) bond motifs is 1. The fraction of sp³-hybridized carbons (Fsp3) is 0.330. The minimum Gasteiger partial charge on any atom is -0.289 e. The van der Waals surface area contributed by atoms with Crippen molar-refractivity contribution in [2.45, 2.75) is 191 Å². The first-order valence-electron chi connectivity index (χ1n) is 39.8. The SMILES string of the molecule is CCCCCCc1c(-c2ccc(-c3cccs3)s2)sc(-c2ccc(-c3ccc(C4=CC5=CC(C(C)(C)C)=CC6=C(c7ccc(-c8ccc(-c9sc(-c%10ccc(-c%11cccs%11)s%10)c(CCCCCC)c9CCCCCC)s8)s7)C=C7C=C(C(=O)c8cccc9ccccc89)C=C4[C@]7(C)[C@@]56C)s3)s2)c1CCCCCC. The first-order chi connectivity index (χ1) is 52.7. The number of carbonyl (C=O) groups excluding carboxylic acids is 1. The highest BCUT2D eigenvalue weighted by atomic mass is 32.1. The number of ketones is 1. The number of rotatable bonds is 32. The van der Waals surface area contributed by atoms with Crippen molar-refractivity contribution < 1.29 is 4.79 Å². The van der Waals surface area contributed by atoms with E-state index < -0.39 is 10.8 Å². The van der Waals surface area contributed by atoms with Gasteiger partial charge in [-0.05, 0) is 249 Å². The van der Waals surface area contributed by atoms with Crippen LogP contribution >= 0.6 is 113 Å². The minimum atomic E-state index is -0.531. The van der Waals surface area contributed by atoms with Crippen molar-refractivity contribution in [3.63, 3.8) is 0 Å². The molecule has 0 bridgehead atoms. The summed E-state index contributed by atoms with van der Waals surface area (Å²) in [5, 5.41) is 6.47. The average Bonchev–Trinajstić information content (AvgIpc) is 1.09. The molecule has 0 amide bonds. The molecule has 552 valence electrons. The van der Waals surface area contributed by atoms with E-state index in [1.807, 2.05) is 96.8 Å². The lowest BCUT2D eigenvalue weighted by molar-refractivity contribution is 0.103. The van der Waals surface area contributed by atoms with E-state index in [1.165, 1.54) is 230 Å². The summed E-state index contributed by atoms with van der Waals surface area (Å²) in [5.41, 5.74) is 15.7. The molecular weight excluding hydrogens is 1500 g/mol. The third-order valence-electron chi connectivity index (χ3n) is 23.2. The van der Waals surface area contributed by atoms with Crippen LogP contribution in [0.3, 0.4) is 0 Å². The lowest BCUT2D eigenvalue weighted by atomic mass is 9.44. The molecule has 4 aliphatic rings. The van der Waals surface area contributed by atoms with Crippen LogP contribution in [0.25, 0.3) is 100.0 Å². The van der Waals surface area contributed by atoms with E-state index in [-0.39, 0.29) is 11.2 Å². The van der Waals surface area contributed by atoms with E-state index >= 15 is 4.79 Å². The van der Waals surface area contributed by atoms with E-state index in [2.05, 4.69) is 266 Å². The fourth-order valence-corrected chi connectivity index (χ4v) is 28.3. The third kappa shape index (κ3) is 14.6. The summed E-state index contributed by atoms with van der Waals surface area (Å²) >= 11 is 19.6. The number of unbranched alkanes of at least 4 members (excludes halogenated alkanes) is 12. The minimum absolute atomic E-state index is 0.0598. The largest absolute Gasteiger partial charge is 0.289 e. The lowest BCUT2D eigenvalue weighted by Crippen LogP contribution is -2.49. The Labute approximate surface area is 682 Å². The van der Waals surface area contributed by atoms with Crippen molar-refractivity contribution in [3.05, 3.63) is 258 Å². The summed E-state index contributed by atoms with van der Waals surface area (Å²) in [6, 6.07) is 52.4. The van der Waals surface area contributed by atoms with Crippen molar-refractivity contribution >= 4 is 141 Å². The zero-order chi connectivity index (χ0) is 74.3. The predicted octanol–water partition coefficient (Wildman–Crippen LogP) is 33.7. The smallest absolute Gasteiger partial charge is 0.193 e. The monoisotopic (exact) mass is 1600 g/mol. The maximum atomic E-state index is 15.8. The number of carbonyl (C=O) groups is 1. The molecule has 16 rings (SSSR count). The Morgan fingerprint density at radius 1 is 0.352 bits per heavy atom. The molecule has 0 saturated heterocycles. The molecule has 0 aliphatic heterocycles. The summed E-state index contributed by atoms with van der Waals surface area (Å²) in [5.74, 6) is 0.0598. The van der Waals surface area contributed by atoms with Gasteiger partial charge < -0.3 is 0 Å². The molecule has 0 N–H and O–H groups in total. The fourth-order valence-electron chi connectivity index (χ4n) is 17.0. The molecule has 2 atom stereocenters. The van der Waals surface area contributed by atoms with Crippen LogP contribution in [-0.2, 0) is 25.7 Å². The summed E-state index contributed by atoms with van der Waals surface area (Å²) in [4.78, 5) is 40.5. The maximum Gasteiger partial charge on any atom is 0.193 e. The van der Waals surface area contributed by atoms with E-state index in [4.69, 9.17) is 0 Å². The van der Waals surface area contributed by atoms with Crippen molar-refractivity contribution in [1.29, 1.82) is 0 Å². The maximum absolute atomic E-state index is 15.8. The molecule has 4 aliphatic carbocycles. The molecule has 2 aromatic carbocycles. The standard InChI is InChI=1S/C97H98OS10/c1-10-14-18-22-34-68-70(36-24-20-16-12-3)93(107-91(68)86-49-45-80(103-86)78-39-29-53-99-78)88-51-47-84(105-88)82-43-41-76(101-82)72-59-65-57-63(95(5,6)7)60-75-73(58-64-55-62(56-74(72)96(64,8)97(65,75)9)90(98)67-38-28-32-61-31-26-27-33-66(61)67)77-42-44-83(102-77)85-48-52-89(106-85)94-71(37-25-21-17-13-4)69(35-23-19-15-11-2)92(108-94)87-50-46-81(104-87)79-40-30-54-100-79/h26-33,38-60H,10-25,34-37H2,1-9H3/t96-,97+/m1/s1. The van der Waals surface area contributed by atoms with Gasteiger partial charge in [0.15, 0.2) is 5.78 Å². The zero-order valence-corrected chi connectivity index (χ0v) is 72.2. The molecule has 0 fully saturated rings. The van der Waals surface area contributed by atoms with Crippen LogP contribution in [-0.4, -0.2) is 5.78 Å². The molecule has 0 radical (unpaired) electrons. The van der Waals surface area contributed by atoms with Crippen LogP contribution in [0, 0.1) is 16.2 Å². The van der Waals surface area contributed by atoms with Gasteiger partial charge in [-0.2, -0.15) is 0 Å². The first-order valence-corrected chi connectivity index (χ1v) is 48.0. The van der Waals surface area contributed by atoms with Crippen LogP contribution in [0.4, 0.5) is 0 Å². The molecule has 0 saturated carbocycles. The number of hydrogen-bond acceptors (Lipinski definition) is 11. The molecule has 11 heteroatoms. The Morgan fingerprint density at radius 3 is 1.21 bits per heavy atom. The van der Waals surface area contributed by atoms with Gasteiger partial charge in [0, 0.05) is 110 Å². The number of thiophene rings is 10. The van der Waals surface area contributed by atoms with Crippen molar-refractivity contribution in [1.82, 2.24) is 0 Å². The highest BCUT2D eigenvalue weighted by Crippen LogP contribution is 2.71. The van der Waals surface area contributed by atoms with Gasteiger partial charge in [0.2, 0.25) is 0 Å². The van der Waals surface area contributed by atoms with Crippen LogP contribution in [0.5, 0.6) is 0 Å². The second kappa shape index (κ2) is 32.7. The Hall–Kier alpha value is -6.45. The normalized spacial score (nSPS) is 17.0. The van der Waals surface area contributed by atoms with Gasteiger partial charge in [-0.3, -0.25) is 4.79 Å². The Morgan fingerprint density at radius 2 is 0.759 bits per heavy atom. The summed E-state index contributed by atoms with van der Waals surface area (Å²) in [6.07, 6.45) is 39.5. The van der Waals surface area contributed by atoms with Gasteiger partial charge in [-0.15, -0.1) is 113 Å². The predicted molar refractivity (Wildman–Crippen MR) is 486 cm³/mol. The Balaban J connectivity index is 0.793. The molecule has 12 aromatic rings. The first kappa shape index (κ1) is 75.6. The van der Waals surface area contributed by atoms with E-state index in [9.17, 15) is 0 Å². The molecule has 10 heterocycles. The molecular formula is C97H98OS10. The van der Waals surface area contributed by atoms with Gasteiger partial charge in [-0.1, -0.05) is 206 Å². The second-order valence-corrected chi connectivity index (χ2v) is 41.8. The van der Waals surface area contributed by atoms with Crippen molar-refractivity contribution in [2.24, 2.45) is 16.2 Å². The van der Waals surface area contributed by atoms with E-state index in [0.29, 0.717) is 0 Å². The van der Waals surface area contributed by atoms with Gasteiger partial charge >= 0.3 is 0 Å². The van der Waals surface area contributed by atoms with Crippen LogP contribution in [0.15, 0.2) is 220 Å². The molecule has 1 nitrogen and oxygen atoms in total. The van der Waals surface area contributed by atoms with Gasteiger partial charge in [-0.25, -0.2) is 0 Å².